The van der Waals surface area contributed by atoms with Crippen LogP contribution in [0, 0.1) is 0 Å². The van der Waals surface area contributed by atoms with Gasteiger partial charge in [-0.1, -0.05) is 43.1 Å². The zero-order valence-electron chi connectivity index (χ0n) is 11.5. The van der Waals surface area contributed by atoms with Crippen molar-refractivity contribution in [2.45, 2.75) is 24.6 Å². The summed E-state index contributed by atoms with van der Waals surface area (Å²) in [6.07, 6.45) is 1.46. The van der Waals surface area contributed by atoms with Crippen molar-refractivity contribution in [1.29, 1.82) is 0 Å². The number of alkyl halides is 1. The average Bonchev–Trinajstić information content (AvgIpc) is 2.43. The Kier molecular flexibility index (Phi) is 4.91. The second kappa shape index (κ2) is 6.34. The van der Waals surface area contributed by atoms with Crippen molar-refractivity contribution < 1.29 is 4.79 Å². The number of hydrogen-bond donors (Lipinski definition) is 1. The smallest absolute Gasteiger partial charge is 0.264 e. The number of rotatable bonds is 3. The number of benzene rings is 1. The van der Waals surface area contributed by atoms with Crippen molar-refractivity contribution in [3.05, 3.63) is 33.8 Å². The summed E-state index contributed by atoms with van der Waals surface area (Å²) in [5.74, 6) is -0.370. The van der Waals surface area contributed by atoms with Gasteiger partial charge in [0.1, 0.15) is 0 Å². The van der Waals surface area contributed by atoms with Gasteiger partial charge in [-0.25, -0.2) is 5.43 Å². The van der Waals surface area contributed by atoms with E-state index in [4.69, 9.17) is 34.8 Å². The number of nitrogens with one attached hydrogen (secondary N) is 1. The SMILES string of the molecule is CC(C)(CN=C1C=NNC(=O)C1Cl)c1ccc(Cl)c(Cl)c1. The van der Waals surface area contributed by atoms with E-state index in [1.807, 2.05) is 26.0 Å². The van der Waals surface area contributed by atoms with Crippen molar-refractivity contribution in [1.82, 2.24) is 5.43 Å². The molecule has 1 aliphatic rings. The highest BCUT2D eigenvalue weighted by Gasteiger charge is 2.26. The van der Waals surface area contributed by atoms with E-state index < -0.39 is 5.38 Å². The Morgan fingerprint density at radius 1 is 1.33 bits per heavy atom. The molecule has 4 nitrogen and oxygen atoms in total. The highest BCUT2D eigenvalue weighted by atomic mass is 35.5. The highest BCUT2D eigenvalue weighted by Crippen LogP contribution is 2.30. The molecule has 0 aromatic heterocycles. The first-order chi connectivity index (χ1) is 9.81. The van der Waals surface area contributed by atoms with E-state index in [0.717, 1.165) is 5.56 Å². The molecule has 21 heavy (non-hydrogen) atoms. The van der Waals surface area contributed by atoms with Gasteiger partial charge in [0.05, 0.1) is 22.0 Å². The van der Waals surface area contributed by atoms with Crippen molar-refractivity contribution >= 4 is 52.6 Å². The van der Waals surface area contributed by atoms with E-state index in [2.05, 4.69) is 15.5 Å². The van der Waals surface area contributed by atoms with Crippen molar-refractivity contribution in [2.24, 2.45) is 10.1 Å². The number of nitrogens with zero attached hydrogens (tertiary/aromatic N) is 2. The third-order valence-electron chi connectivity index (χ3n) is 3.22. The van der Waals surface area contributed by atoms with Crippen LogP contribution in [0.1, 0.15) is 19.4 Å². The number of amides is 1. The number of hydrazone groups is 1. The fourth-order valence-corrected chi connectivity index (χ4v) is 2.31. The fourth-order valence-electron chi connectivity index (χ4n) is 1.84. The molecule has 0 fully saturated rings. The fraction of sp³-hybridized carbons (Fsp3) is 0.357. The van der Waals surface area contributed by atoms with E-state index in [1.54, 1.807) is 6.07 Å². The number of carbonyl (C=O) groups excluding carboxylic acids is 1. The van der Waals surface area contributed by atoms with Crippen LogP contribution in [0.3, 0.4) is 0 Å². The lowest BCUT2D eigenvalue weighted by molar-refractivity contribution is -0.119. The maximum atomic E-state index is 11.4. The topological polar surface area (TPSA) is 53.8 Å². The molecular weight excluding hydrogens is 333 g/mol. The Bertz CT molecular complexity index is 626. The molecule has 1 aromatic carbocycles. The average molecular weight is 347 g/mol. The van der Waals surface area contributed by atoms with Gasteiger partial charge in [0, 0.05) is 12.0 Å². The van der Waals surface area contributed by atoms with Crippen LogP contribution in [0.2, 0.25) is 10.0 Å². The molecule has 1 heterocycles. The summed E-state index contributed by atoms with van der Waals surface area (Å²) < 4.78 is 0. The minimum Gasteiger partial charge on any atom is -0.285 e. The summed E-state index contributed by atoms with van der Waals surface area (Å²) in [5.41, 5.74) is 3.47. The summed E-state index contributed by atoms with van der Waals surface area (Å²) >= 11 is 18.0. The van der Waals surface area contributed by atoms with Crippen molar-refractivity contribution in [3.8, 4) is 0 Å². The first-order valence-corrected chi connectivity index (χ1v) is 7.47. The maximum Gasteiger partial charge on any atom is 0.264 e. The predicted octanol–water partition coefficient (Wildman–Crippen LogP) is 3.44. The molecule has 0 aliphatic carbocycles. The van der Waals surface area contributed by atoms with E-state index in [-0.39, 0.29) is 11.3 Å². The Balaban J connectivity index is 2.21. The third-order valence-corrected chi connectivity index (χ3v) is 4.38. The van der Waals surface area contributed by atoms with Gasteiger partial charge in [0.2, 0.25) is 0 Å². The Morgan fingerprint density at radius 2 is 2.05 bits per heavy atom. The normalized spacial score (nSPS) is 20.7. The van der Waals surface area contributed by atoms with E-state index >= 15 is 0 Å². The van der Waals surface area contributed by atoms with Crippen molar-refractivity contribution in [2.75, 3.05) is 6.54 Å². The van der Waals surface area contributed by atoms with Gasteiger partial charge in [0.25, 0.3) is 5.91 Å². The summed E-state index contributed by atoms with van der Waals surface area (Å²) in [6.45, 7) is 4.50. The van der Waals surface area contributed by atoms with Gasteiger partial charge in [-0.2, -0.15) is 5.10 Å². The van der Waals surface area contributed by atoms with Gasteiger partial charge in [-0.15, -0.1) is 11.6 Å². The van der Waals surface area contributed by atoms with Crippen LogP contribution in [0.15, 0.2) is 28.3 Å². The summed E-state index contributed by atoms with van der Waals surface area (Å²) in [5, 5.41) is 3.91. The van der Waals surface area contributed by atoms with E-state index in [9.17, 15) is 4.79 Å². The first-order valence-electron chi connectivity index (χ1n) is 6.28. The van der Waals surface area contributed by atoms with E-state index in [0.29, 0.717) is 22.3 Å². The molecule has 1 aromatic rings. The van der Waals surface area contributed by atoms with E-state index in [1.165, 1.54) is 6.21 Å². The minimum absolute atomic E-state index is 0.278. The maximum absolute atomic E-state index is 11.4. The molecule has 0 spiro atoms. The lowest BCUT2D eigenvalue weighted by Gasteiger charge is -2.24. The van der Waals surface area contributed by atoms with Gasteiger partial charge in [-0.05, 0) is 17.7 Å². The molecule has 7 heteroatoms. The molecule has 1 amide bonds. The molecule has 1 N–H and O–H groups in total. The van der Waals surface area contributed by atoms with Gasteiger partial charge < -0.3 is 0 Å². The summed E-state index contributed by atoms with van der Waals surface area (Å²) in [4.78, 5) is 15.8. The standard InChI is InChI=1S/C14H14Cl3N3O/c1-14(2,8-3-4-9(15)10(16)5-8)7-18-11-6-19-20-13(21)12(11)17/h3-6,12H,7H2,1-2H3,(H,20,21). The molecule has 1 unspecified atom stereocenters. The molecule has 0 saturated carbocycles. The lowest BCUT2D eigenvalue weighted by Crippen LogP contribution is -2.39. The molecule has 0 bridgehead atoms. The number of carbonyl (C=O) groups is 1. The lowest BCUT2D eigenvalue weighted by atomic mass is 9.85. The van der Waals surface area contributed by atoms with Crippen LogP contribution < -0.4 is 5.43 Å². The molecular formula is C14H14Cl3N3O. The van der Waals surface area contributed by atoms with Crippen LogP contribution in [0.4, 0.5) is 0 Å². The first kappa shape index (κ1) is 16.3. The largest absolute Gasteiger partial charge is 0.285 e. The molecule has 0 saturated heterocycles. The van der Waals surface area contributed by atoms with Crippen LogP contribution in [-0.2, 0) is 10.2 Å². The summed E-state index contributed by atoms with van der Waals surface area (Å²) in [6, 6.07) is 5.49. The van der Waals surface area contributed by atoms with Crippen molar-refractivity contribution in [3.63, 3.8) is 0 Å². The third kappa shape index (κ3) is 3.76. The quantitative estimate of drug-likeness (QED) is 0.838. The van der Waals surface area contributed by atoms with Gasteiger partial charge >= 0.3 is 0 Å². The molecule has 1 atom stereocenters. The summed E-state index contributed by atoms with van der Waals surface area (Å²) in [7, 11) is 0. The number of aliphatic imine (C=N–C) groups is 1. The zero-order chi connectivity index (χ0) is 15.6. The zero-order valence-corrected chi connectivity index (χ0v) is 13.8. The highest BCUT2D eigenvalue weighted by molar-refractivity contribution is 6.54. The van der Waals surface area contributed by atoms with Crippen LogP contribution in [0.5, 0.6) is 0 Å². The van der Waals surface area contributed by atoms with Crippen LogP contribution in [0.25, 0.3) is 0 Å². The number of halogens is 3. The monoisotopic (exact) mass is 345 g/mol. The number of hydrogen-bond acceptors (Lipinski definition) is 3. The molecule has 0 radical (unpaired) electrons. The second-order valence-electron chi connectivity index (χ2n) is 5.35. The van der Waals surface area contributed by atoms with Gasteiger partial charge in [-0.3, -0.25) is 9.79 Å². The Hall–Kier alpha value is -1.10. The molecule has 112 valence electrons. The minimum atomic E-state index is -0.813. The molecule has 2 rings (SSSR count). The van der Waals surface area contributed by atoms with Crippen LogP contribution >= 0.6 is 34.8 Å². The van der Waals surface area contributed by atoms with Crippen LogP contribution in [-0.4, -0.2) is 29.8 Å². The predicted molar refractivity (Wildman–Crippen MR) is 88.1 cm³/mol. The Morgan fingerprint density at radius 3 is 2.71 bits per heavy atom. The van der Waals surface area contributed by atoms with Gasteiger partial charge in [0.15, 0.2) is 5.38 Å². The Labute approximate surface area is 138 Å². The molecule has 1 aliphatic heterocycles. The second-order valence-corrected chi connectivity index (χ2v) is 6.60.